The lowest BCUT2D eigenvalue weighted by Crippen LogP contribution is -2.46. The molecule has 132 valence electrons. The Morgan fingerprint density at radius 2 is 2.25 bits per heavy atom. The zero-order valence-corrected chi connectivity index (χ0v) is 14.1. The number of ether oxygens (including phenoxy) is 1. The van der Waals surface area contributed by atoms with Crippen LogP contribution < -0.4 is 21.1 Å². The fourth-order valence-corrected chi connectivity index (χ4v) is 2.86. The van der Waals surface area contributed by atoms with Crippen LogP contribution in [0.1, 0.15) is 12.8 Å². The summed E-state index contributed by atoms with van der Waals surface area (Å²) in [5.41, 5.74) is 6.11. The third-order valence-electron chi connectivity index (χ3n) is 4.04. The minimum absolute atomic E-state index is 0.0263. The molecule has 1 fully saturated rings. The Balaban J connectivity index is 1.83. The maximum Gasteiger partial charge on any atom is 0.238 e. The summed E-state index contributed by atoms with van der Waals surface area (Å²) < 4.78 is 5.14. The van der Waals surface area contributed by atoms with Crippen molar-refractivity contribution in [3.05, 3.63) is 24.3 Å². The number of methoxy groups -OCH3 is 1. The van der Waals surface area contributed by atoms with Gasteiger partial charge >= 0.3 is 0 Å². The van der Waals surface area contributed by atoms with Gasteiger partial charge in [0.25, 0.3) is 0 Å². The van der Waals surface area contributed by atoms with Crippen molar-refractivity contribution >= 4 is 17.5 Å². The van der Waals surface area contributed by atoms with Crippen LogP contribution >= 0.6 is 0 Å². The van der Waals surface area contributed by atoms with Gasteiger partial charge in [-0.3, -0.25) is 14.5 Å². The number of amides is 2. The molecule has 1 aromatic rings. The molecule has 7 nitrogen and oxygen atoms in total. The molecular formula is C17H26N4O3. The van der Waals surface area contributed by atoms with E-state index in [-0.39, 0.29) is 24.3 Å². The van der Waals surface area contributed by atoms with E-state index in [2.05, 4.69) is 10.6 Å². The van der Waals surface area contributed by atoms with Gasteiger partial charge in [-0.15, -0.1) is 0 Å². The molecule has 1 saturated heterocycles. The summed E-state index contributed by atoms with van der Waals surface area (Å²) >= 11 is 0. The van der Waals surface area contributed by atoms with Crippen LogP contribution in [0.4, 0.5) is 5.69 Å². The highest BCUT2D eigenvalue weighted by Gasteiger charge is 2.26. The number of piperidine rings is 1. The normalized spacial score (nSPS) is 18.0. The van der Waals surface area contributed by atoms with Gasteiger partial charge in [-0.1, -0.05) is 6.07 Å². The molecule has 4 N–H and O–H groups in total. The lowest BCUT2D eigenvalue weighted by Gasteiger charge is -2.31. The van der Waals surface area contributed by atoms with Crippen LogP contribution in [-0.2, 0) is 9.59 Å². The van der Waals surface area contributed by atoms with Crippen LogP contribution in [0.2, 0.25) is 0 Å². The smallest absolute Gasteiger partial charge is 0.238 e. The van der Waals surface area contributed by atoms with Crippen LogP contribution in [0.3, 0.4) is 0 Å². The minimum atomic E-state index is -0.0914. The van der Waals surface area contributed by atoms with E-state index in [1.807, 2.05) is 23.1 Å². The Labute approximate surface area is 142 Å². The first kappa shape index (κ1) is 18.2. The Kier molecular flexibility index (Phi) is 7.02. The number of rotatable bonds is 7. The summed E-state index contributed by atoms with van der Waals surface area (Å²) in [5, 5.41) is 5.69. The number of likely N-dealkylation sites (tertiary alicyclic amines) is 1. The van der Waals surface area contributed by atoms with Crippen molar-refractivity contribution in [3.8, 4) is 5.75 Å². The molecule has 7 heteroatoms. The van der Waals surface area contributed by atoms with Crippen LogP contribution in [0, 0.1) is 5.92 Å². The molecule has 0 radical (unpaired) electrons. The molecule has 0 aromatic heterocycles. The molecule has 1 heterocycles. The summed E-state index contributed by atoms with van der Waals surface area (Å²) in [4.78, 5) is 26.3. The molecule has 1 atom stereocenters. The highest BCUT2D eigenvalue weighted by atomic mass is 16.5. The van der Waals surface area contributed by atoms with Gasteiger partial charge in [0.1, 0.15) is 5.75 Å². The number of hydrogen-bond donors (Lipinski definition) is 3. The number of carbonyl (C=O) groups excluding carboxylic acids is 2. The zero-order chi connectivity index (χ0) is 17.4. The molecule has 2 amide bonds. The summed E-state index contributed by atoms with van der Waals surface area (Å²) in [7, 11) is 1.59. The summed E-state index contributed by atoms with van der Waals surface area (Å²) in [6.07, 6.45) is 1.76. The van der Waals surface area contributed by atoms with Gasteiger partial charge in [0.05, 0.1) is 19.6 Å². The number of hydrogen-bond acceptors (Lipinski definition) is 5. The minimum Gasteiger partial charge on any atom is -0.497 e. The average molecular weight is 334 g/mol. The van der Waals surface area contributed by atoms with E-state index in [4.69, 9.17) is 10.5 Å². The summed E-state index contributed by atoms with van der Waals surface area (Å²) in [6, 6.07) is 7.24. The summed E-state index contributed by atoms with van der Waals surface area (Å²) in [6.45, 7) is 2.63. The van der Waals surface area contributed by atoms with Crippen LogP contribution in [-0.4, -0.2) is 56.5 Å². The zero-order valence-electron chi connectivity index (χ0n) is 14.1. The van der Waals surface area contributed by atoms with E-state index < -0.39 is 0 Å². The Morgan fingerprint density at radius 1 is 1.42 bits per heavy atom. The van der Waals surface area contributed by atoms with E-state index in [0.717, 1.165) is 19.4 Å². The van der Waals surface area contributed by atoms with Crippen molar-refractivity contribution in [2.75, 3.05) is 45.2 Å². The van der Waals surface area contributed by atoms with Crippen molar-refractivity contribution in [1.82, 2.24) is 10.2 Å². The van der Waals surface area contributed by atoms with E-state index in [1.165, 1.54) is 0 Å². The molecule has 0 saturated carbocycles. The Morgan fingerprint density at radius 3 is 3.00 bits per heavy atom. The molecule has 1 unspecified atom stereocenters. The average Bonchev–Trinajstić information content (AvgIpc) is 2.59. The maximum atomic E-state index is 12.2. The number of nitrogens with two attached hydrogens (primary N) is 1. The first-order valence-electron chi connectivity index (χ1n) is 8.26. The largest absolute Gasteiger partial charge is 0.497 e. The molecule has 0 bridgehead atoms. The lowest BCUT2D eigenvalue weighted by molar-refractivity contribution is -0.127. The van der Waals surface area contributed by atoms with E-state index in [1.54, 1.807) is 13.2 Å². The molecular weight excluding hydrogens is 308 g/mol. The second kappa shape index (κ2) is 9.24. The molecule has 0 spiro atoms. The van der Waals surface area contributed by atoms with Crippen molar-refractivity contribution in [3.63, 3.8) is 0 Å². The molecule has 1 aliphatic heterocycles. The Hall–Kier alpha value is -2.12. The number of anilines is 1. The monoisotopic (exact) mass is 334 g/mol. The van der Waals surface area contributed by atoms with E-state index in [0.29, 0.717) is 31.1 Å². The fourth-order valence-electron chi connectivity index (χ4n) is 2.86. The van der Waals surface area contributed by atoms with Crippen LogP contribution in [0.5, 0.6) is 5.75 Å². The SMILES string of the molecule is COc1cccc(NC(=O)CN2CCCC(C(=O)NCCN)C2)c1. The maximum absolute atomic E-state index is 12.2. The Bertz CT molecular complexity index is 565. The van der Waals surface area contributed by atoms with Gasteiger partial charge in [-0.2, -0.15) is 0 Å². The van der Waals surface area contributed by atoms with E-state index >= 15 is 0 Å². The number of nitrogens with zero attached hydrogens (tertiary/aromatic N) is 1. The van der Waals surface area contributed by atoms with Gasteiger partial charge in [-0.05, 0) is 31.5 Å². The second-order valence-corrected chi connectivity index (χ2v) is 5.93. The topological polar surface area (TPSA) is 96.7 Å². The number of carbonyl (C=O) groups is 2. The van der Waals surface area contributed by atoms with Crippen molar-refractivity contribution in [1.29, 1.82) is 0 Å². The quantitative estimate of drug-likeness (QED) is 0.671. The third kappa shape index (κ3) is 5.50. The highest BCUT2D eigenvalue weighted by Crippen LogP contribution is 2.18. The molecule has 2 rings (SSSR count). The second-order valence-electron chi connectivity index (χ2n) is 5.93. The third-order valence-corrected chi connectivity index (χ3v) is 4.04. The van der Waals surface area contributed by atoms with Gasteiger partial charge < -0.3 is 21.1 Å². The first-order chi connectivity index (χ1) is 11.6. The van der Waals surface area contributed by atoms with Gasteiger partial charge in [0.2, 0.25) is 11.8 Å². The van der Waals surface area contributed by atoms with Crippen LogP contribution in [0.25, 0.3) is 0 Å². The predicted octanol–water partition coefficient (Wildman–Crippen LogP) is 0.421. The number of benzene rings is 1. The van der Waals surface area contributed by atoms with Crippen molar-refractivity contribution in [2.24, 2.45) is 11.7 Å². The standard InChI is InChI=1S/C17H26N4O3/c1-24-15-6-2-5-14(10-15)20-16(22)12-21-9-3-4-13(11-21)17(23)19-8-7-18/h2,5-6,10,13H,3-4,7-9,11-12,18H2,1H3,(H,19,23)(H,20,22). The predicted molar refractivity (Wildman–Crippen MR) is 92.9 cm³/mol. The molecule has 24 heavy (non-hydrogen) atoms. The lowest BCUT2D eigenvalue weighted by atomic mass is 9.97. The molecule has 1 aliphatic rings. The molecule has 0 aliphatic carbocycles. The first-order valence-corrected chi connectivity index (χ1v) is 8.26. The summed E-state index contributed by atoms with van der Waals surface area (Å²) in [5.74, 6) is 0.557. The van der Waals surface area contributed by atoms with Gasteiger partial charge in [-0.25, -0.2) is 0 Å². The number of nitrogens with one attached hydrogen (secondary N) is 2. The molecule has 1 aromatic carbocycles. The fraction of sp³-hybridized carbons (Fsp3) is 0.529. The highest BCUT2D eigenvalue weighted by molar-refractivity contribution is 5.92. The van der Waals surface area contributed by atoms with Crippen LogP contribution in [0.15, 0.2) is 24.3 Å². The van der Waals surface area contributed by atoms with E-state index in [9.17, 15) is 9.59 Å². The van der Waals surface area contributed by atoms with Gasteiger partial charge in [0, 0.05) is 31.4 Å². The van der Waals surface area contributed by atoms with Gasteiger partial charge in [0.15, 0.2) is 0 Å². The van der Waals surface area contributed by atoms with Crippen molar-refractivity contribution < 1.29 is 14.3 Å². The van der Waals surface area contributed by atoms with Crippen molar-refractivity contribution in [2.45, 2.75) is 12.8 Å².